The van der Waals surface area contributed by atoms with Gasteiger partial charge in [-0.05, 0) is 62.1 Å². The molecule has 0 bridgehead atoms. The van der Waals surface area contributed by atoms with Crippen LogP contribution in [0.1, 0.15) is 35.2 Å². The van der Waals surface area contributed by atoms with Crippen LogP contribution in [0.5, 0.6) is 0 Å². The number of para-hydroxylation sites is 1. The summed E-state index contributed by atoms with van der Waals surface area (Å²) in [5.41, 5.74) is 2.50. The van der Waals surface area contributed by atoms with Gasteiger partial charge in [-0.1, -0.05) is 29.8 Å². The van der Waals surface area contributed by atoms with Gasteiger partial charge in [0.15, 0.2) is 0 Å². The van der Waals surface area contributed by atoms with Crippen molar-refractivity contribution in [2.45, 2.75) is 26.2 Å². The maximum atomic E-state index is 12.9. The normalized spacial score (nSPS) is 17.0. The van der Waals surface area contributed by atoms with Crippen molar-refractivity contribution in [2.24, 2.45) is 0 Å². The fourth-order valence-electron chi connectivity index (χ4n) is 3.76. The molecule has 1 saturated heterocycles. The maximum Gasteiger partial charge on any atom is 0.283 e. The third-order valence-corrected chi connectivity index (χ3v) is 5.78. The number of anilines is 2. The fraction of sp³-hybridized carbons (Fsp3) is 0.261. The number of hydrogen-bond acceptors (Lipinski definition) is 4. The number of halogens is 1. The topological polar surface area (TPSA) is 69.7 Å². The lowest BCUT2D eigenvalue weighted by Gasteiger charge is -2.26. The minimum absolute atomic E-state index is 0.0105. The van der Waals surface area contributed by atoms with Crippen LogP contribution in [0.3, 0.4) is 0 Å². The number of carbonyl (C=O) groups excluding carboxylic acids is 3. The number of aryl methyl sites for hydroxylation is 1. The molecular formula is C23H22ClN3O3. The number of amides is 3. The summed E-state index contributed by atoms with van der Waals surface area (Å²) in [6.45, 7) is 3.40. The van der Waals surface area contributed by atoms with Crippen molar-refractivity contribution in [1.82, 2.24) is 4.90 Å². The Balaban J connectivity index is 1.51. The lowest BCUT2D eigenvalue weighted by molar-refractivity contribution is -0.120. The maximum absolute atomic E-state index is 12.9. The van der Waals surface area contributed by atoms with Gasteiger partial charge in [0.2, 0.25) is 0 Å². The first kappa shape index (κ1) is 20.2. The molecule has 2 heterocycles. The summed E-state index contributed by atoms with van der Waals surface area (Å²) in [7, 11) is 0. The number of imide groups is 1. The van der Waals surface area contributed by atoms with Gasteiger partial charge in [0, 0.05) is 24.3 Å². The van der Waals surface area contributed by atoms with Crippen molar-refractivity contribution in [3.63, 3.8) is 0 Å². The van der Waals surface area contributed by atoms with Gasteiger partial charge in [-0.3, -0.25) is 14.4 Å². The second-order valence-corrected chi connectivity index (χ2v) is 7.85. The van der Waals surface area contributed by atoms with Crippen LogP contribution >= 0.6 is 11.6 Å². The summed E-state index contributed by atoms with van der Waals surface area (Å²) in [6, 6.07) is 14.0. The Labute approximate surface area is 180 Å². The average molecular weight is 424 g/mol. The number of carbonyl (C=O) groups is 3. The zero-order valence-electron chi connectivity index (χ0n) is 16.7. The summed E-state index contributed by atoms with van der Waals surface area (Å²) >= 11 is 6.20. The van der Waals surface area contributed by atoms with E-state index in [9.17, 15) is 14.4 Å². The predicted octanol–water partition coefficient (Wildman–Crippen LogP) is 4.06. The minimum Gasteiger partial charge on any atom is -0.350 e. The Morgan fingerprint density at radius 1 is 0.933 bits per heavy atom. The number of piperidine rings is 1. The van der Waals surface area contributed by atoms with Crippen molar-refractivity contribution >= 4 is 40.7 Å². The standard InChI is InChI=1S/C23H22ClN3O3/c1-15-7-3-4-8-18(15)27-22(29)19(24)20(23(27)30)25-17-11-9-16(10-12-17)21(28)26-13-5-2-6-14-26/h3-4,7-12,25H,2,5-6,13-14H2,1H3. The Bertz CT molecular complexity index is 1040. The molecule has 0 atom stereocenters. The SMILES string of the molecule is Cc1ccccc1N1C(=O)C(Cl)=C(Nc2ccc(C(=O)N3CCCCC3)cc2)C1=O. The van der Waals surface area contributed by atoms with Crippen LogP contribution in [-0.2, 0) is 9.59 Å². The fourth-order valence-corrected chi connectivity index (χ4v) is 3.98. The molecule has 4 rings (SSSR count). The molecule has 7 heteroatoms. The van der Waals surface area contributed by atoms with Crippen molar-refractivity contribution in [3.8, 4) is 0 Å². The molecule has 0 saturated carbocycles. The highest BCUT2D eigenvalue weighted by Crippen LogP contribution is 2.31. The summed E-state index contributed by atoms with van der Waals surface area (Å²) in [5.74, 6) is -1.06. The van der Waals surface area contributed by atoms with Crippen LogP contribution in [0.25, 0.3) is 0 Å². The van der Waals surface area contributed by atoms with E-state index < -0.39 is 11.8 Å². The molecule has 6 nitrogen and oxygen atoms in total. The van der Waals surface area contributed by atoms with Gasteiger partial charge < -0.3 is 10.2 Å². The van der Waals surface area contributed by atoms with Crippen molar-refractivity contribution < 1.29 is 14.4 Å². The minimum atomic E-state index is -0.560. The Kier molecular flexibility index (Phi) is 5.59. The van der Waals surface area contributed by atoms with Crippen LogP contribution in [-0.4, -0.2) is 35.7 Å². The van der Waals surface area contributed by atoms with Gasteiger partial charge in [-0.25, -0.2) is 4.90 Å². The highest BCUT2D eigenvalue weighted by atomic mass is 35.5. The molecule has 1 N–H and O–H groups in total. The van der Waals surface area contributed by atoms with Gasteiger partial charge >= 0.3 is 0 Å². The highest BCUT2D eigenvalue weighted by molar-refractivity contribution is 6.53. The van der Waals surface area contributed by atoms with Crippen LogP contribution in [0.15, 0.2) is 59.3 Å². The molecule has 0 unspecified atom stereocenters. The van der Waals surface area contributed by atoms with Crippen molar-refractivity contribution in [1.29, 1.82) is 0 Å². The quantitative estimate of drug-likeness (QED) is 0.753. The van der Waals surface area contributed by atoms with E-state index in [1.807, 2.05) is 24.0 Å². The van der Waals surface area contributed by atoms with Gasteiger partial charge in [-0.2, -0.15) is 0 Å². The van der Waals surface area contributed by atoms with E-state index in [2.05, 4.69) is 5.32 Å². The largest absolute Gasteiger partial charge is 0.350 e. The highest BCUT2D eigenvalue weighted by Gasteiger charge is 2.39. The van der Waals surface area contributed by atoms with E-state index in [4.69, 9.17) is 11.6 Å². The van der Waals surface area contributed by atoms with Crippen LogP contribution in [0.2, 0.25) is 0 Å². The van der Waals surface area contributed by atoms with Gasteiger partial charge in [0.05, 0.1) is 5.69 Å². The summed E-state index contributed by atoms with van der Waals surface area (Å²) in [6.07, 6.45) is 3.23. The first-order valence-electron chi connectivity index (χ1n) is 9.98. The predicted molar refractivity (Wildman–Crippen MR) is 116 cm³/mol. The summed E-state index contributed by atoms with van der Waals surface area (Å²) in [4.78, 5) is 41.1. The Morgan fingerprint density at radius 3 is 2.27 bits per heavy atom. The Morgan fingerprint density at radius 2 is 1.60 bits per heavy atom. The lowest BCUT2D eigenvalue weighted by Crippen LogP contribution is -2.35. The molecule has 2 aromatic carbocycles. The smallest absolute Gasteiger partial charge is 0.283 e. The van der Waals surface area contributed by atoms with Crippen LogP contribution in [0.4, 0.5) is 11.4 Å². The third kappa shape index (κ3) is 3.71. The van der Waals surface area contributed by atoms with Crippen LogP contribution < -0.4 is 10.2 Å². The van der Waals surface area contributed by atoms with E-state index >= 15 is 0 Å². The van der Waals surface area contributed by atoms with Gasteiger partial charge in [0.1, 0.15) is 10.7 Å². The van der Waals surface area contributed by atoms with Crippen molar-refractivity contribution in [3.05, 3.63) is 70.4 Å². The number of likely N-dealkylation sites (tertiary alicyclic amines) is 1. The Hall–Kier alpha value is -3.12. The zero-order chi connectivity index (χ0) is 21.3. The van der Waals surface area contributed by atoms with E-state index in [1.165, 1.54) is 0 Å². The number of benzene rings is 2. The molecule has 0 aromatic heterocycles. The number of rotatable bonds is 4. The van der Waals surface area contributed by atoms with E-state index in [1.54, 1.807) is 36.4 Å². The first-order valence-corrected chi connectivity index (χ1v) is 10.4. The number of hydrogen-bond donors (Lipinski definition) is 1. The van der Waals surface area contributed by atoms with Gasteiger partial charge in [0.25, 0.3) is 17.7 Å². The molecule has 30 heavy (non-hydrogen) atoms. The van der Waals surface area contributed by atoms with E-state index in [0.717, 1.165) is 42.8 Å². The summed E-state index contributed by atoms with van der Waals surface area (Å²) < 4.78 is 0. The average Bonchev–Trinajstić information content (AvgIpc) is 2.98. The molecule has 2 aliphatic heterocycles. The molecule has 0 radical (unpaired) electrons. The molecule has 154 valence electrons. The second kappa shape index (κ2) is 8.32. The monoisotopic (exact) mass is 423 g/mol. The molecule has 2 aliphatic rings. The summed E-state index contributed by atoms with van der Waals surface area (Å²) in [5, 5.41) is 2.79. The molecule has 0 aliphatic carbocycles. The molecule has 1 fully saturated rings. The molecular weight excluding hydrogens is 402 g/mol. The number of nitrogens with one attached hydrogen (secondary N) is 1. The van der Waals surface area contributed by atoms with Crippen molar-refractivity contribution in [2.75, 3.05) is 23.3 Å². The third-order valence-electron chi connectivity index (χ3n) is 5.43. The molecule has 3 amide bonds. The second-order valence-electron chi connectivity index (χ2n) is 7.48. The lowest BCUT2D eigenvalue weighted by atomic mass is 10.1. The zero-order valence-corrected chi connectivity index (χ0v) is 17.4. The van der Waals surface area contributed by atoms with Gasteiger partial charge in [-0.15, -0.1) is 0 Å². The van der Waals surface area contributed by atoms with E-state index in [0.29, 0.717) is 16.9 Å². The number of nitrogens with zero attached hydrogens (tertiary/aromatic N) is 2. The first-order chi connectivity index (χ1) is 14.5. The molecule has 0 spiro atoms. The molecule has 2 aromatic rings. The van der Waals surface area contributed by atoms with E-state index in [-0.39, 0.29) is 16.6 Å². The van der Waals surface area contributed by atoms with Crippen LogP contribution in [0, 0.1) is 6.92 Å².